The van der Waals surface area contributed by atoms with Gasteiger partial charge in [0.15, 0.2) is 0 Å². The zero-order chi connectivity index (χ0) is 22.2. The Kier molecular flexibility index (Phi) is 5.83. The summed E-state index contributed by atoms with van der Waals surface area (Å²) in [6.07, 6.45) is 0.817. The van der Waals surface area contributed by atoms with Gasteiger partial charge in [0.25, 0.3) is 11.8 Å². The number of rotatable bonds is 5. The van der Waals surface area contributed by atoms with E-state index in [1.54, 1.807) is 23.1 Å². The summed E-state index contributed by atoms with van der Waals surface area (Å²) in [5.74, 6) is -2.00. The van der Waals surface area contributed by atoms with Crippen LogP contribution in [0.2, 0.25) is 0 Å². The van der Waals surface area contributed by atoms with Gasteiger partial charge >= 0.3 is 0 Å². The number of carbonyl (C=O) groups is 2. The second kappa shape index (κ2) is 8.05. The zero-order valence-corrected chi connectivity index (χ0v) is 17.8. The van der Waals surface area contributed by atoms with Crippen LogP contribution in [0.5, 0.6) is 5.75 Å². The second-order valence-corrected chi connectivity index (χ2v) is 8.02. The third kappa shape index (κ3) is 3.88. The van der Waals surface area contributed by atoms with Gasteiger partial charge in [-0.15, -0.1) is 0 Å². The van der Waals surface area contributed by atoms with E-state index in [2.05, 4.69) is 5.32 Å². The van der Waals surface area contributed by atoms with Crippen molar-refractivity contribution in [1.29, 1.82) is 0 Å². The fourth-order valence-corrected chi connectivity index (χ4v) is 3.67. The number of anilines is 1. The van der Waals surface area contributed by atoms with E-state index >= 15 is 0 Å². The molecule has 2 aromatic carbocycles. The Morgan fingerprint density at radius 1 is 1.13 bits per heavy atom. The largest absolute Gasteiger partial charge is 0.471 e. The van der Waals surface area contributed by atoms with E-state index in [9.17, 15) is 18.4 Å². The third-order valence-corrected chi connectivity index (χ3v) is 5.49. The quantitative estimate of drug-likeness (QED) is 0.757. The molecule has 0 saturated heterocycles. The van der Waals surface area contributed by atoms with E-state index in [0.717, 1.165) is 24.6 Å². The molecule has 7 heteroatoms. The summed E-state index contributed by atoms with van der Waals surface area (Å²) in [5, 5.41) is 2.71. The van der Waals surface area contributed by atoms with Crippen LogP contribution in [0, 0.1) is 11.6 Å². The van der Waals surface area contributed by atoms with Crippen LogP contribution in [0.4, 0.5) is 14.5 Å². The number of hydrogen-bond acceptors (Lipinski definition) is 3. The Bertz CT molecular complexity index is 972. The molecule has 0 aliphatic carbocycles. The maximum Gasteiger partial charge on any atom is 0.273 e. The van der Waals surface area contributed by atoms with Gasteiger partial charge < -0.3 is 15.0 Å². The second-order valence-electron chi connectivity index (χ2n) is 8.02. The first-order valence-corrected chi connectivity index (χ1v) is 10.0. The smallest absolute Gasteiger partial charge is 0.273 e. The van der Waals surface area contributed by atoms with Gasteiger partial charge in [-0.2, -0.15) is 0 Å². The van der Waals surface area contributed by atoms with Crippen LogP contribution in [-0.2, 0) is 10.4 Å². The molecule has 1 aliphatic heterocycles. The number of fused-ring (bicyclic) bond motifs is 1. The lowest BCUT2D eigenvalue weighted by Crippen LogP contribution is -2.46. The lowest BCUT2D eigenvalue weighted by molar-refractivity contribution is -0.131. The number of carbonyl (C=O) groups excluding carboxylic acids is 2. The number of halogens is 2. The Hall–Kier alpha value is -2.96. The van der Waals surface area contributed by atoms with Crippen molar-refractivity contribution in [1.82, 2.24) is 4.90 Å². The molecule has 0 fully saturated rings. The monoisotopic (exact) mass is 416 g/mol. The maximum absolute atomic E-state index is 13.7. The van der Waals surface area contributed by atoms with Gasteiger partial charge in [-0.1, -0.05) is 6.92 Å². The summed E-state index contributed by atoms with van der Waals surface area (Å²) >= 11 is 0. The van der Waals surface area contributed by atoms with E-state index < -0.39 is 23.1 Å². The van der Waals surface area contributed by atoms with Crippen LogP contribution in [0.3, 0.4) is 0 Å². The highest BCUT2D eigenvalue weighted by molar-refractivity contribution is 6.03. The van der Waals surface area contributed by atoms with Gasteiger partial charge in [-0.05, 0) is 64.4 Å². The summed E-state index contributed by atoms with van der Waals surface area (Å²) in [7, 11) is 0. The van der Waals surface area contributed by atoms with Crippen molar-refractivity contribution in [2.45, 2.75) is 58.7 Å². The van der Waals surface area contributed by atoms with Gasteiger partial charge in [-0.25, -0.2) is 8.78 Å². The van der Waals surface area contributed by atoms with Crippen molar-refractivity contribution in [2.75, 3.05) is 5.32 Å². The zero-order valence-electron chi connectivity index (χ0n) is 17.8. The predicted octanol–water partition coefficient (Wildman–Crippen LogP) is 4.86. The Balaban J connectivity index is 1.95. The summed E-state index contributed by atoms with van der Waals surface area (Å²) < 4.78 is 33.2. The summed E-state index contributed by atoms with van der Waals surface area (Å²) in [4.78, 5) is 27.7. The highest BCUT2D eigenvalue weighted by Crippen LogP contribution is 2.39. The van der Waals surface area contributed by atoms with E-state index in [0.29, 0.717) is 17.0 Å². The first-order chi connectivity index (χ1) is 14.1. The van der Waals surface area contributed by atoms with Gasteiger partial charge in [0.1, 0.15) is 17.4 Å². The number of amides is 2. The van der Waals surface area contributed by atoms with Crippen molar-refractivity contribution in [2.24, 2.45) is 0 Å². The van der Waals surface area contributed by atoms with Crippen molar-refractivity contribution >= 4 is 17.5 Å². The van der Waals surface area contributed by atoms with E-state index in [-0.39, 0.29) is 23.6 Å². The first kappa shape index (κ1) is 21.7. The minimum absolute atomic E-state index is 0.0143. The third-order valence-electron chi connectivity index (χ3n) is 5.49. The number of nitrogens with one attached hydrogen (secondary N) is 1. The highest BCUT2D eigenvalue weighted by atomic mass is 19.1. The first-order valence-electron chi connectivity index (χ1n) is 10.0. The van der Waals surface area contributed by atoms with E-state index in [1.807, 2.05) is 27.7 Å². The van der Waals surface area contributed by atoms with Crippen LogP contribution >= 0.6 is 0 Å². The molecule has 0 saturated carbocycles. The number of nitrogens with zero attached hydrogens (tertiary/aromatic N) is 1. The molecule has 2 atom stereocenters. The minimum Gasteiger partial charge on any atom is -0.471 e. The van der Waals surface area contributed by atoms with Crippen LogP contribution in [0.1, 0.15) is 57.0 Å². The molecule has 2 aromatic rings. The summed E-state index contributed by atoms with van der Waals surface area (Å²) in [6.45, 7) is 9.37. The summed E-state index contributed by atoms with van der Waals surface area (Å²) in [5.41, 5.74) is -0.784. The van der Waals surface area contributed by atoms with Crippen molar-refractivity contribution in [3.8, 4) is 5.75 Å². The standard InChI is InChI=1S/C23H26F2N2O3/c1-6-14(4)27(13(2)3)21(28)15-7-8-20-19(9-15)26-22(29)23(5,30-20)16-10-17(24)12-18(25)11-16/h7-14H,6H2,1-5H3,(H,26,29)/t14-,23?/m1/s1. The van der Waals surface area contributed by atoms with Crippen LogP contribution in [-0.4, -0.2) is 28.8 Å². The average Bonchev–Trinajstić information content (AvgIpc) is 2.67. The van der Waals surface area contributed by atoms with Gasteiger partial charge in [0.05, 0.1) is 5.69 Å². The topological polar surface area (TPSA) is 58.6 Å². The van der Waals surface area contributed by atoms with Gasteiger partial charge in [0.2, 0.25) is 5.60 Å². The highest BCUT2D eigenvalue weighted by Gasteiger charge is 2.42. The number of hydrogen-bond donors (Lipinski definition) is 1. The minimum atomic E-state index is -1.61. The number of ether oxygens (including phenoxy) is 1. The Morgan fingerprint density at radius 2 is 1.77 bits per heavy atom. The number of benzene rings is 2. The van der Waals surface area contributed by atoms with Crippen molar-refractivity contribution < 1.29 is 23.1 Å². The average molecular weight is 416 g/mol. The van der Waals surface area contributed by atoms with Crippen LogP contribution in [0.15, 0.2) is 36.4 Å². The molecule has 2 amide bonds. The fourth-order valence-electron chi connectivity index (χ4n) is 3.67. The molecule has 0 bridgehead atoms. The maximum atomic E-state index is 13.7. The van der Waals surface area contributed by atoms with Crippen LogP contribution < -0.4 is 10.1 Å². The normalized spacial score (nSPS) is 19.0. The molecule has 160 valence electrons. The van der Waals surface area contributed by atoms with E-state index in [4.69, 9.17) is 4.74 Å². The lowest BCUT2D eigenvalue weighted by atomic mass is 9.92. The fraction of sp³-hybridized carbons (Fsp3) is 0.391. The molecular formula is C23H26F2N2O3. The molecule has 1 unspecified atom stereocenters. The Morgan fingerprint density at radius 3 is 2.33 bits per heavy atom. The lowest BCUT2D eigenvalue weighted by Gasteiger charge is -2.36. The van der Waals surface area contributed by atoms with Gasteiger partial charge in [-0.3, -0.25) is 9.59 Å². The summed E-state index contributed by atoms with van der Waals surface area (Å²) in [6, 6.07) is 7.73. The molecule has 30 heavy (non-hydrogen) atoms. The molecular weight excluding hydrogens is 390 g/mol. The molecule has 0 aromatic heterocycles. The molecule has 0 spiro atoms. The molecule has 1 heterocycles. The molecule has 5 nitrogen and oxygen atoms in total. The van der Waals surface area contributed by atoms with Gasteiger partial charge in [0, 0.05) is 29.3 Å². The molecule has 3 rings (SSSR count). The van der Waals surface area contributed by atoms with Crippen LogP contribution in [0.25, 0.3) is 0 Å². The Labute approximate surface area is 175 Å². The molecule has 1 aliphatic rings. The van der Waals surface area contributed by atoms with Crippen molar-refractivity contribution in [3.63, 3.8) is 0 Å². The molecule has 1 N–H and O–H groups in total. The van der Waals surface area contributed by atoms with E-state index in [1.165, 1.54) is 6.92 Å². The molecule has 0 radical (unpaired) electrons. The van der Waals surface area contributed by atoms with Crippen molar-refractivity contribution in [3.05, 3.63) is 59.2 Å². The predicted molar refractivity (Wildman–Crippen MR) is 110 cm³/mol. The SMILES string of the molecule is CC[C@@H](C)N(C(=O)c1ccc2c(c1)NC(=O)C(C)(c1cc(F)cc(F)c1)O2)C(C)C.